The molecule has 0 saturated carbocycles. The molecule has 0 aromatic carbocycles. The van der Waals surface area contributed by atoms with Crippen LogP contribution in [0.2, 0.25) is 0 Å². The molecule has 0 saturated heterocycles. The van der Waals surface area contributed by atoms with Crippen LogP contribution in [-0.2, 0) is 19.1 Å². The first-order valence-corrected chi connectivity index (χ1v) is 7.56. The number of hydrogen-bond donors (Lipinski definition) is 0. The Hall–Kier alpha value is -0.710. The van der Waals surface area contributed by atoms with Gasteiger partial charge in [-0.1, -0.05) is 19.8 Å². The number of rotatable bonds is 10. The standard InChI is InChI=1S/C13H24O4S/c1-4-9-18-10-7-5-6-8-11(12(14)16-2)13(15)17-3/h11H,4-10H2,1-3H3. The van der Waals surface area contributed by atoms with Gasteiger partial charge in [0.1, 0.15) is 0 Å². The summed E-state index contributed by atoms with van der Waals surface area (Å²) in [6.07, 6.45) is 4.72. The van der Waals surface area contributed by atoms with Crippen LogP contribution in [0.4, 0.5) is 0 Å². The minimum atomic E-state index is -0.761. The lowest BCUT2D eigenvalue weighted by molar-refractivity contribution is -0.159. The second-order valence-corrected chi connectivity index (χ2v) is 5.29. The highest BCUT2D eigenvalue weighted by Crippen LogP contribution is 2.15. The fourth-order valence-electron chi connectivity index (χ4n) is 1.59. The molecule has 18 heavy (non-hydrogen) atoms. The van der Waals surface area contributed by atoms with Crippen LogP contribution in [0, 0.1) is 5.92 Å². The van der Waals surface area contributed by atoms with Crippen molar-refractivity contribution >= 4 is 23.7 Å². The first-order valence-electron chi connectivity index (χ1n) is 6.40. The molecule has 0 fully saturated rings. The fraction of sp³-hybridized carbons (Fsp3) is 0.846. The topological polar surface area (TPSA) is 52.6 Å². The second kappa shape index (κ2) is 11.4. The summed E-state index contributed by atoms with van der Waals surface area (Å²) in [5.41, 5.74) is 0. The average Bonchev–Trinajstić information content (AvgIpc) is 2.40. The van der Waals surface area contributed by atoms with Gasteiger partial charge in [-0.2, -0.15) is 11.8 Å². The number of carbonyl (C=O) groups excluding carboxylic acids is 2. The van der Waals surface area contributed by atoms with Gasteiger partial charge in [0.25, 0.3) is 0 Å². The van der Waals surface area contributed by atoms with Crippen molar-refractivity contribution in [3.63, 3.8) is 0 Å². The first-order chi connectivity index (χ1) is 8.67. The molecule has 0 atom stereocenters. The fourth-order valence-corrected chi connectivity index (χ4v) is 2.49. The number of hydrogen-bond acceptors (Lipinski definition) is 5. The molecule has 0 bridgehead atoms. The van der Waals surface area contributed by atoms with E-state index >= 15 is 0 Å². The van der Waals surface area contributed by atoms with E-state index in [1.165, 1.54) is 26.4 Å². The number of thioether (sulfide) groups is 1. The van der Waals surface area contributed by atoms with Crippen molar-refractivity contribution in [1.82, 2.24) is 0 Å². The van der Waals surface area contributed by atoms with E-state index in [0.717, 1.165) is 25.0 Å². The highest BCUT2D eigenvalue weighted by molar-refractivity contribution is 7.99. The van der Waals surface area contributed by atoms with Crippen molar-refractivity contribution < 1.29 is 19.1 Å². The molecule has 0 aromatic rings. The maximum absolute atomic E-state index is 11.4. The van der Waals surface area contributed by atoms with Crippen molar-refractivity contribution in [3.05, 3.63) is 0 Å². The van der Waals surface area contributed by atoms with Crippen LogP contribution in [0.25, 0.3) is 0 Å². The molecule has 0 amide bonds. The Balaban J connectivity index is 3.77. The molecule has 0 unspecified atom stereocenters. The Kier molecular flexibility index (Phi) is 10.9. The third-order valence-corrected chi connectivity index (χ3v) is 3.88. The molecule has 4 nitrogen and oxygen atoms in total. The molecule has 0 aliphatic rings. The van der Waals surface area contributed by atoms with Gasteiger partial charge in [0.05, 0.1) is 14.2 Å². The predicted molar refractivity (Wildman–Crippen MR) is 73.6 cm³/mol. The predicted octanol–water partition coefficient (Wildman–Crippen LogP) is 2.65. The Morgan fingerprint density at radius 3 is 2.11 bits per heavy atom. The van der Waals surface area contributed by atoms with Gasteiger partial charge in [0.15, 0.2) is 5.92 Å². The number of ether oxygens (including phenoxy) is 2. The highest BCUT2D eigenvalue weighted by atomic mass is 32.2. The van der Waals surface area contributed by atoms with Gasteiger partial charge in [-0.05, 0) is 30.8 Å². The van der Waals surface area contributed by atoms with Crippen molar-refractivity contribution in [2.45, 2.75) is 39.0 Å². The maximum Gasteiger partial charge on any atom is 0.320 e. The van der Waals surface area contributed by atoms with Crippen LogP contribution in [0.1, 0.15) is 39.0 Å². The van der Waals surface area contributed by atoms with Crippen molar-refractivity contribution in [2.24, 2.45) is 5.92 Å². The van der Waals surface area contributed by atoms with E-state index < -0.39 is 17.9 Å². The van der Waals surface area contributed by atoms with E-state index in [4.69, 9.17) is 0 Å². The van der Waals surface area contributed by atoms with Crippen LogP contribution >= 0.6 is 11.8 Å². The van der Waals surface area contributed by atoms with Gasteiger partial charge < -0.3 is 9.47 Å². The zero-order valence-corrected chi connectivity index (χ0v) is 12.4. The minimum Gasteiger partial charge on any atom is -0.468 e. The van der Waals surface area contributed by atoms with Gasteiger partial charge in [0, 0.05) is 0 Å². The molecule has 0 aliphatic heterocycles. The van der Waals surface area contributed by atoms with Gasteiger partial charge in [-0.3, -0.25) is 9.59 Å². The molecule has 0 aromatic heterocycles. The Morgan fingerprint density at radius 1 is 1.00 bits per heavy atom. The number of carbonyl (C=O) groups is 2. The molecule has 106 valence electrons. The average molecular weight is 276 g/mol. The molecular formula is C13H24O4S. The molecule has 0 aliphatic carbocycles. The lowest BCUT2D eigenvalue weighted by Gasteiger charge is -2.11. The zero-order valence-electron chi connectivity index (χ0n) is 11.6. The maximum atomic E-state index is 11.4. The Bertz CT molecular complexity index is 227. The SMILES string of the molecule is CCCSCCCCCC(C(=O)OC)C(=O)OC. The first kappa shape index (κ1) is 17.3. The minimum absolute atomic E-state index is 0.498. The molecule has 0 spiro atoms. The van der Waals surface area contributed by atoms with Crippen molar-refractivity contribution in [1.29, 1.82) is 0 Å². The largest absolute Gasteiger partial charge is 0.468 e. The van der Waals surface area contributed by atoms with Crippen LogP contribution < -0.4 is 0 Å². The van der Waals surface area contributed by atoms with Crippen LogP contribution in [0.15, 0.2) is 0 Å². The van der Waals surface area contributed by atoms with Gasteiger partial charge in [0.2, 0.25) is 0 Å². The molecule has 0 radical (unpaired) electrons. The number of esters is 2. The van der Waals surface area contributed by atoms with Crippen LogP contribution in [0.5, 0.6) is 0 Å². The third-order valence-electron chi connectivity index (χ3n) is 2.60. The molecule has 0 N–H and O–H groups in total. The summed E-state index contributed by atoms with van der Waals surface area (Å²) < 4.78 is 9.20. The smallest absolute Gasteiger partial charge is 0.320 e. The van der Waals surface area contributed by atoms with Crippen LogP contribution in [0.3, 0.4) is 0 Å². The van der Waals surface area contributed by atoms with E-state index in [1.807, 2.05) is 11.8 Å². The van der Waals surface area contributed by atoms with E-state index in [1.54, 1.807) is 0 Å². The molecular weight excluding hydrogens is 252 g/mol. The highest BCUT2D eigenvalue weighted by Gasteiger charge is 2.27. The quantitative estimate of drug-likeness (QED) is 0.349. The van der Waals surface area contributed by atoms with Gasteiger partial charge in [-0.15, -0.1) is 0 Å². The second-order valence-electron chi connectivity index (χ2n) is 4.06. The lowest BCUT2D eigenvalue weighted by atomic mass is 10.0. The summed E-state index contributed by atoms with van der Waals surface area (Å²) in [4.78, 5) is 22.8. The monoisotopic (exact) mass is 276 g/mol. The normalized spacial score (nSPS) is 10.4. The number of methoxy groups -OCH3 is 2. The van der Waals surface area contributed by atoms with E-state index in [0.29, 0.717) is 6.42 Å². The van der Waals surface area contributed by atoms with E-state index in [2.05, 4.69) is 16.4 Å². The molecule has 0 heterocycles. The summed E-state index contributed by atoms with van der Waals surface area (Å²) in [5, 5.41) is 0. The van der Waals surface area contributed by atoms with Crippen LogP contribution in [-0.4, -0.2) is 37.7 Å². The molecule has 0 rings (SSSR count). The summed E-state index contributed by atoms with van der Waals surface area (Å²) in [6.45, 7) is 2.17. The van der Waals surface area contributed by atoms with Gasteiger partial charge >= 0.3 is 11.9 Å². The molecule has 5 heteroatoms. The summed E-state index contributed by atoms with van der Waals surface area (Å²) >= 11 is 1.95. The summed E-state index contributed by atoms with van der Waals surface area (Å²) in [5.74, 6) is 0.592. The summed E-state index contributed by atoms with van der Waals surface area (Å²) in [6, 6.07) is 0. The van der Waals surface area contributed by atoms with Crippen molar-refractivity contribution in [3.8, 4) is 0 Å². The third kappa shape index (κ3) is 7.58. The number of unbranched alkanes of at least 4 members (excludes halogenated alkanes) is 2. The van der Waals surface area contributed by atoms with E-state index in [9.17, 15) is 9.59 Å². The Morgan fingerprint density at radius 2 is 1.61 bits per heavy atom. The van der Waals surface area contributed by atoms with E-state index in [-0.39, 0.29) is 0 Å². The zero-order chi connectivity index (χ0) is 13.8. The lowest BCUT2D eigenvalue weighted by Crippen LogP contribution is -2.26. The van der Waals surface area contributed by atoms with Crippen molar-refractivity contribution in [2.75, 3.05) is 25.7 Å². The summed E-state index contributed by atoms with van der Waals surface area (Å²) in [7, 11) is 2.58. The Labute approximate surface area is 114 Å². The van der Waals surface area contributed by atoms with Gasteiger partial charge in [-0.25, -0.2) is 0 Å².